The van der Waals surface area contributed by atoms with Crippen LogP contribution in [-0.4, -0.2) is 65.1 Å². The van der Waals surface area contributed by atoms with E-state index in [0.717, 1.165) is 55.7 Å². The second-order valence-corrected chi connectivity index (χ2v) is 11.6. The summed E-state index contributed by atoms with van der Waals surface area (Å²) in [6, 6.07) is 7.48. The molecule has 2 heterocycles. The summed E-state index contributed by atoms with van der Waals surface area (Å²) in [7, 11) is -1.70. The van der Waals surface area contributed by atoms with Gasteiger partial charge in [0.1, 0.15) is 23.9 Å². The predicted molar refractivity (Wildman–Crippen MR) is 123 cm³/mol. The normalized spacial score (nSPS) is 32.1. The highest BCUT2D eigenvalue weighted by molar-refractivity contribution is 7.84. The van der Waals surface area contributed by atoms with Gasteiger partial charge in [-0.15, -0.1) is 0 Å². The summed E-state index contributed by atoms with van der Waals surface area (Å²) < 4.78 is 33.6. The lowest BCUT2D eigenvalue weighted by Crippen LogP contribution is -2.77. The Hall–Kier alpha value is -2.40. The molecule has 1 saturated carbocycles. The van der Waals surface area contributed by atoms with Crippen molar-refractivity contribution in [2.75, 3.05) is 19.8 Å². The number of phenols is 1. The average molecular weight is 493 g/mol. The van der Waals surface area contributed by atoms with Gasteiger partial charge in [0.05, 0.1) is 35.5 Å². The van der Waals surface area contributed by atoms with Gasteiger partial charge in [-0.05, 0) is 36.6 Å². The third-order valence-corrected chi connectivity index (χ3v) is 8.11. The summed E-state index contributed by atoms with van der Waals surface area (Å²) in [5, 5.41) is 23.3. The van der Waals surface area contributed by atoms with Crippen LogP contribution >= 0.6 is 0 Å². The Morgan fingerprint density at radius 3 is 2.56 bits per heavy atom. The van der Waals surface area contributed by atoms with Crippen LogP contribution in [0.1, 0.15) is 59.3 Å². The Morgan fingerprint density at radius 1 is 1.26 bits per heavy atom. The number of furan rings is 1. The van der Waals surface area contributed by atoms with Crippen molar-refractivity contribution in [3.8, 4) is 5.75 Å². The van der Waals surface area contributed by atoms with Crippen LogP contribution in [0.15, 0.2) is 34.9 Å². The fourth-order valence-electron chi connectivity index (χ4n) is 6.77. The number of likely N-dealkylation sites (N-methyl/N-ethyl adjacent to an activating group) is 1. The molecule has 186 valence electrons. The predicted octanol–water partition coefficient (Wildman–Crippen LogP) is 1.76. The minimum absolute atomic E-state index is 0.00739. The lowest BCUT2D eigenvalue weighted by molar-refractivity contribution is -0.962. The number of piperidine rings is 1. The summed E-state index contributed by atoms with van der Waals surface area (Å²) >= 11 is 0. The lowest BCUT2D eigenvalue weighted by atomic mass is 9.48. The molecule has 10 heteroatoms. The first-order valence-electron chi connectivity index (χ1n) is 11.5. The molecule has 5 rings (SSSR count). The molecule has 9 nitrogen and oxygen atoms in total. The van der Waals surface area contributed by atoms with Gasteiger partial charge in [-0.2, -0.15) is 0 Å². The maximum absolute atomic E-state index is 12.3. The van der Waals surface area contributed by atoms with E-state index in [4.69, 9.17) is 23.1 Å². The SMILES string of the molecule is CS(=O)(=O)[O-].C[N+]1(Cc2ccco2)CC[C@]23CCCC[C@@]2(O)[C@H]1Cc1ccc(C(N)=O)c(O)c13. The second-order valence-electron chi connectivity index (χ2n) is 10.2. The number of carbonyl (C=O) groups is 1. The Morgan fingerprint density at radius 2 is 1.94 bits per heavy atom. The number of nitrogens with zero attached hydrogens (tertiary/aromatic N) is 1. The van der Waals surface area contributed by atoms with Gasteiger partial charge in [0.25, 0.3) is 5.91 Å². The quantitative estimate of drug-likeness (QED) is 0.436. The summed E-state index contributed by atoms with van der Waals surface area (Å²) in [5.41, 5.74) is 6.03. The van der Waals surface area contributed by atoms with Crippen LogP contribution in [0.5, 0.6) is 5.75 Å². The molecule has 0 radical (unpaired) electrons. The Labute approximate surface area is 199 Å². The van der Waals surface area contributed by atoms with Gasteiger partial charge in [0.15, 0.2) is 5.76 Å². The maximum atomic E-state index is 12.3. The molecule has 0 spiro atoms. The summed E-state index contributed by atoms with van der Waals surface area (Å²) in [6.45, 7) is 1.62. The third-order valence-electron chi connectivity index (χ3n) is 8.11. The molecular weight excluding hydrogens is 460 g/mol. The molecule has 4 N–H and O–H groups in total. The largest absolute Gasteiger partial charge is 0.748 e. The fourth-order valence-corrected chi connectivity index (χ4v) is 6.77. The standard InChI is InChI=1S/C23H28N2O4.CH4O3S/c1-25(14-16-5-4-12-29-16)11-10-22-8-2-3-9-23(22,28)18(25)13-15-6-7-17(21(24)27)20(26)19(15)22;1-5(2,3)4/h4-7,12,18,28H,2-3,8-11,13-14H2,1H3,(H2-,24,26,27);1H3,(H,2,3,4)/t18-,22+,23-,25?;/m1./s1. The van der Waals surface area contributed by atoms with E-state index in [1.54, 1.807) is 12.3 Å². The van der Waals surface area contributed by atoms with Crippen molar-refractivity contribution in [2.24, 2.45) is 5.73 Å². The molecule has 1 amide bonds. The highest BCUT2D eigenvalue weighted by Crippen LogP contribution is 2.61. The number of fused-ring (bicyclic) bond motifs is 1. The number of amides is 1. The lowest BCUT2D eigenvalue weighted by Gasteiger charge is -2.65. The first kappa shape index (κ1) is 24.7. The number of rotatable bonds is 3. The molecule has 1 saturated heterocycles. The van der Waals surface area contributed by atoms with Crippen molar-refractivity contribution in [1.29, 1.82) is 0 Å². The molecule has 1 aliphatic heterocycles. The molecule has 1 unspecified atom stereocenters. The molecule has 2 aliphatic carbocycles. The first-order valence-corrected chi connectivity index (χ1v) is 13.3. The van der Waals surface area contributed by atoms with E-state index in [2.05, 4.69) is 7.05 Å². The van der Waals surface area contributed by atoms with Gasteiger partial charge in [0, 0.05) is 30.1 Å². The van der Waals surface area contributed by atoms with Crippen LogP contribution in [0.4, 0.5) is 0 Å². The highest BCUT2D eigenvalue weighted by Gasteiger charge is 2.68. The summed E-state index contributed by atoms with van der Waals surface area (Å²) in [6.07, 6.45) is 7.25. The van der Waals surface area contributed by atoms with E-state index in [9.17, 15) is 15.0 Å². The maximum Gasteiger partial charge on any atom is 0.252 e. The first-order chi connectivity index (χ1) is 15.8. The number of primary amides is 1. The van der Waals surface area contributed by atoms with Gasteiger partial charge in [0.2, 0.25) is 0 Å². The Bertz CT molecular complexity index is 1190. The number of hydrogen-bond donors (Lipinski definition) is 3. The number of aliphatic hydroxyl groups is 1. The van der Waals surface area contributed by atoms with Gasteiger partial charge in [-0.1, -0.05) is 18.9 Å². The van der Waals surface area contributed by atoms with E-state index >= 15 is 0 Å². The minimum Gasteiger partial charge on any atom is -0.748 e. The van der Waals surface area contributed by atoms with Crippen molar-refractivity contribution in [3.63, 3.8) is 0 Å². The topological polar surface area (TPSA) is 154 Å². The molecule has 2 bridgehead atoms. The number of carbonyl (C=O) groups excluding carboxylic acids is 1. The minimum atomic E-state index is -3.92. The number of benzene rings is 1. The van der Waals surface area contributed by atoms with Crippen molar-refractivity contribution in [3.05, 3.63) is 53.0 Å². The molecule has 34 heavy (non-hydrogen) atoms. The molecule has 4 atom stereocenters. The molecule has 2 fully saturated rings. The molecule has 1 aromatic heterocycles. The van der Waals surface area contributed by atoms with Crippen LogP contribution in [0.2, 0.25) is 0 Å². The highest BCUT2D eigenvalue weighted by atomic mass is 32.2. The Kier molecular flexibility index (Phi) is 6.08. The van der Waals surface area contributed by atoms with Gasteiger partial charge in [-0.25, -0.2) is 8.42 Å². The number of hydrogen-bond acceptors (Lipinski definition) is 7. The van der Waals surface area contributed by atoms with Gasteiger partial charge in [-0.3, -0.25) is 4.79 Å². The van der Waals surface area contributed by atoms with Crippen LogP contribution in [0.25, 0.3) is 0 Å². The Balaban J connectivity index is 0.000000499. The van der Waals surface area contributed by atoms with Crippen molar-refractivity contribution in [1.82, 2.24) is 0 Å². The number of aromatic hydroxyl groups is 1. The van der Waals surface area contributed by atoms with Crippen molar-refractivity contribution >= 4 is 16.0 Å². The molecule has 2 aromatic rings. The molecular formula is C24H32N2O7S. The van der Waals surface area contributed by atoms with Crippen molar-refractivity contribution in [2.45, 2.75) is 62.1 Å². The third kappa shape index (κ3) is 4.02. The van der Waals surface area contributed by atoms with E-state index in [1.165, 1.54) is 0 Å². The van der Waals surface area contributed by atoms with Crippen LogP contribution in [-0.2, 0) is 28.5 Å². The van der Waals surface area contributed by atoms with E-state index in [1.807, 2.05) is 18.2 Å². The summed E-state index contributed by atoms with van der Waals surface area (Å²) in [4.78, 5) is 11.9. The fraction of sp³-hybridized carbons (Fsp3) is 0.542. The average Bonchev–Trinajstić information content (AvgIpc) is 3.22. The molecule has 3 aliphatic rings. The number of likely N-dealkylation sites (tertiary alicyclic amines) is 1. The van der Waals surface area contributed by atoms with Gasteiger partial charge < -0.3 is 29.4 Å². The van der Waals surface area contributed by atoms with Crippen LogP contribution in [0, 0.1) is 0 Å². The van der Waals surface area contributed by atoms with Crippen molar-refractivity contribution < 1.29 is 36.9 Å². The summed E-state index contributed by atoms with van der Waals surface area (Å²) in [5.74, 6) is 0.283. The van der Waals surface area contributed by atoms with Crippen LogP contribution < -0.4 is 5.73 Å². The van der Waals surface area contributed by atoms with Crippen LogP contribution in [0.3, 0.4) is 0 Å². The van der Waals surface area contributed by atoms with E-state index < -0.39 is 27.0 Å². The zero-order chi connectivity index (χ0) is 24.9. The second kappa shape index (κ2) is 8.37. The zero-order valence-electron chi connectivity index (χ0n) is 19.5. The zero-order valence-corrected chi connectivity index (χ0v) is 20.3. The number of nitrogens with two attached hydrogens (primary N) is 1. The smallest absolute Gasteiger partial charge is 0.252 e. The molecule has 1 aromatic carbocycles. The van der Waals surface area contributed by atoms with Gasteiger partial charge >= 0.3 is 0 Å². The monoisotopic (exact) mass is 492 g/mol. The van der Waals surface area contributed by atoms with E-state index in [-0.39, 0.29) is 17.4 Å². The number of quaternary nitrogens is 1. The van der Waals surface area contributed by atoms with E-state index in [0.29, 0.717) is 23.6 Å².